The van der Waals surface area contributed by atoms with E-state index in [1.54, 1.807) is 18.2 Å². The lowest BCUT2D eigenvalue weighted by Gasteiger charge is -2.07. The van der Waals surface area contributed by atoms with Gasteiger partial charge in [-0.1, -0.05) is 0 Å². The summed E-state index contributed by atoms with van der Waals surface area (Å²) < 4.78 is 6.03. The Labute approximate surface area is 122 Å². The van der Waals surface area contributed by atoms with Gasteiger partial charge in [-0.25, -0.2) is 0 Å². The molecular formula is C13H12BrNO3S. The quantitative estimate of drug-likeness (QED) is 0.822. The highest BCUT2D eigenvalue weighted by molar-refractivity contribution is 9.10. The minimum absolute atomic E-state index is 0.116. The van der Waals surface area contributed by atoms with Crippen molar-refractivity contribution in [3.05, 3.63) is 51.0 Å². The first-order valence-electron chi connectivity index (χ1n) is 5.56. The van der Waals surface area contributed by atoms with Crippen LogP contribution < -0.4 is 5.32 Å². The van der Waals surface area contributed by atoms with Gasteiger partial charge in [0.15, 0.2) is 0 Å². The molecule has 100 valence electrons. The molecular weight excluding hydrogens is 330 g/mol. The number of rotatable bonds is 5. The standard InChI is InChI=1S/C13H12BrNO3S/c14-9-6-10(19-8-9)3-4-13(17)15-7-11(16)12-2-1-5-18-12/h1-6,8,11,16H,7H2,(H,15,17)/b4-3+. The highest BCUT2D eigenvalue weighted by atomic mass is 79.9. The molecule has 4 nitrogen and oxygen atoms in total. The summed E-state index contributed by atoms with van der Waals surface area (Å²) in [5.74, 6) is 0.182. The molecule has 1 amide bonds. The molecule has 0 saturated carbocycles. The third-order valence-electron chi connectivity index (χ3n) is 2.33. The van der Waals surface area contributed by atoms with Crippen molar-refractivity contribution in [2.24, 2.45) is 0 Å². The van der Waals surface area contributed by atoms with E-state index in [1.165, 1.54) is 23.7 Å². The summed E-state index contributed by atoms with van der Waals surface area (Å²) in [4.78, 5) is 12.5. The molecule has 2 rings (SSSR count). The summed E-state index contributed by atoms with van der Waals surface area (Å²) in [7, 11) is 0. The lowest BCUT2D eigenvalue weighted by atomic mass is 10.2. The van der Waals surface area contributed by atoms with Crippen LogP contribution in [0.15, 0.2) is 44.8 Å². The maximum absolute atomic E-state index is 11.6. The van der Waals surface area contributed by atoms with Crippen LogP contribution in [0, 0.1) is 0 Å². The number of aliphatic hydroxyl groups excluding tert-OH is 1. The second kappa shape index (κ2) is 6.70. The maximum Gasteiger partial charge on any atom is 0.244 e. The zero-order chi connectivity index (χ0) is 13.7. The molecule has 2 heterocycles. The fourth-order valence-electron chi connectivity index (χ4n) is 1.41. The van der Waals surface area contributed by atoms with Crippen LogP contribution in [-0.4, -0.2) is 17.6 Å². The van der Waals surface area contributed by atoms with Crippen LogP contribution in [-0.2, 0) is 4.79 Å². The number of furan rings is 1. The van der Waals surface area contributed by atoms with E-state index in [2.05, 4.69) is 21.2 Å². The lowest BCUT2D eigenvalue weighted by Crippen LogP contribution is -2.26. The normalized spacial score (nSPS) is 12.7. The molecule has 0 fully saturated rings. The number of nitrogens with one attached hydrogen (secondary N) is 1. The number of carbonyl (C=O) groups excluding carboxylic acids is 1. The number of carbonyl (C=O) groups is 1. The van der Waals surface area contributed by atoms with E-state index in [-0.39, 0.29) is 12.5 Å². The summed E-state index contributed by atoms with van der Waals surface area (Å²) in [6.07, 6.45) is 3.81. The Balaban J connectivity index is 1.80. The summed E-state index contributed by atoms with van der Waals surface area (Å²) >= 11 is 4.88. The summed E-state index contributed by atoms with van der Waals surface area (Å²) in [5, 5.41) is 14.3. The molecule has 0 aliphatic rings. The van der Waals surface area contributed by atoms with Crippen LogP contribution in [0.5, 0.6) is 0 Å². The fraction of sp³-hybridized carbons (Fsp3) is 0.154. The van der Waals surface area contributed by atoms with Gasteiger partial charge in [-0.15, -0.1) is 11.3 Å². The highest BCUT2D eigenvalue weighted by Crippen LogP contribution is 2.20. The van der Waals surface area contributed by atoms with Gasteiger partial charge in [0.1, 0.15) is 11.9 Å². The Morgan fingerprint density at radius 3 is 3.11 bits per heavy atom. The summed E-state index contributed by atoms with van der Waals surface area (Å²) in [6, 6.07) is 5.27. The smallest absolute Gasteiger partial charge is 0.244 e. The van der Waals surface area contributed by atoms with E-state index in [9.17, 15) is 9.90 Å². The number of thiophene rings is 1. The van der Waals surface area contributed by atoms with Crippen LogP contribution in [0.25, 0.3) is 6.08 Å². The van der Waals surface area contributed by atoms with Crippen molar-refractivity contribution in [2.75, 3.05) is 6.54 Å². The molecule has 0 aliphatic heterocycles. The van der Waals surface area contributed by atoms with Crippen LogP contribution in [0.2, 0.25) is 0 Å². The molecule has 0 bridgehead atoms. The Kier molecular flexibility index (Phi) is 4.95. The fourth-order valence-corrected chi connectivity index (χ4v) is 2.75. The number of halogens is 1. The zero-order valence-corrected chi connectivity index (χ0v) is 12.3. The Morgan fingerprint density at radius 2 is 2.47 bits per heavy atom. The van der Waals surface area contributed by atoms with Gasteiger partial charge in [0, 0.05) is 20.8 Å². The number of aliphatic hydroxyl groups is 1. The Bertz CT molecular complexity index is 562. The van der Waals surface area contributed by atoms with Gasteiger partial charge < -0.3 is 14.8 Å². The first kappa shape index (κ1) is 14.0. The van der Waals surface area contributed by atoms with E-state index in [0.717, 1.165) is 9.35 Å². The van der Waals surface area contributed by atoms with E-state index in [0.29, 0.717) is 5.76 Å². The van der Waals surface area contributed by atoms with Crippen LogP contribution in [0.1, 0.15) is 16.7 Å². The Hall–Kier alpha value is -1.37. The molecule has 2 aromatic rings. The molecule has 0 radical (unpaired) electrons. The molecule has 0 spiro atoms. The largest absolute Gasteiger partial charge is 0.467 e. The van der Waals surface area contributed by atoms with Crippen molar-refractivity contribution >= 4 is 39.2 Å². The number of hydrogen-bond donors (Lipinski definition) is 2. The third-order valence-corrected chi connectivity index (χ3v) is 3.99. The minimum atomic E-state index is -0.830. The molecule has 1 unspecified atom stereocenters. The van der Waals surface area contributed by atoms with Crippen molar-refractivity contribution in [3.8, 4) is 0 Å². The molecule has 2 N–H and O–H groups in total. The molecule has 0 aromatic carbocycles. The van der Waals surface area contributed by atoms with Crippen molar-refractivity contribution in [1.82, 2.24) is 5.32 Å². The monoisotopic (exact) mass is 341 g/mol. The molecule has 0 saturated heterocycles. The van der Waals surface area contributed by atoms with E-state index < -0.39 is 6.10 Å². The van der Waals surface area contributed by atoms with Gasteiger partial charge in [0.05, 0.1) is 12.8 Å². The van der Waals surface area contributed by atoms with Gasteiger partial charge in [0.2, 0.25) is 5.91 Å². The first-order valence-corrected chi connectivity index (χ1v) is 7.24. The van der Waals surface area contributed by atoms with E-state index in [1.807, 2.05) is 11.4 Å². The molecule has 2 aromatic heterocycles. The second-order valence-electron chi connectivity index (χ2n) is 3.78. The predicted molar refractivity (Wildman–Crippen MR) is 77.7 cm³/mol. The van der Waals surface area contributed by atoms with Crippen molar-refractivity contribution in [1.29, 1.82) is 0 Å². The average Bonchev–Trinajstić information content (AvgIpc) is 3.04. The first-order chi connectivity index (χ1) is 9.15. The van der Waals surface area contributed by atoms with Crippen LogP contribution in [0.4, 0.5) is 0 Å². The minimum Gasteiger partial charge on any atom is -0.467 e. The molecule has 19 heavy (non-hydrogen) atoms. The van der Waals surface area contributed by atoms with Crippen molar-refractivity contribution < 1.29 is 14.3 Å². The Morgan fingerprint density at radius 1 is 1.63 bits per heavy atom. The molecule has 0 aliphatic carbocycles. The third kappa shape index (κ3) is 4.34. The average molecular weight is 342 g/mol. The summed E-state index contributed by atoms with van der Waals surface area (Å²) in [6.45, 7) is 0.116. The SMILES string of the molecule is O=C(/C=C/c1cc(Br)cs1)NCC(O)c1ccco1. The molecule has 6 heteroatoms. The van der Waals surface area contributed by atoms with Gasteiger partial charge >= 0.3 is 0 Å². The summed E-state index contributed by atoms with van der Waals surface area (Å²) in [5.41, 5.74) is 0. The van der Waals surface area contributed by atoms with Gasteiger partial charge in [-0.2, -0.15) is 0 Å². The predicted octanol–water partition coefficient (Wildman–Crippen LogP) is 2.97. The van der Waals surface area contributed by atoms with Crippen molar-refractivity contribution in [2.45, 2.75) is 6.10 Å². The molecule has 1 atom stereocenters. The van der Waals surface area contributed by atoms with Gasteiger partial charge in [-0.05, 0) is 40.2 Å². The maximum atomic E-state index is 11.6. The number of amides is 1. The zero-order valence-electron chi connectivity index (χ0n) is 9.88. The number of hydrogen-bond acceptors (Lipinski definition) is 4. The second-order valence-corrected chi connectivity index (χ2v) is 5.64. The lowest BCUT2D eigenvalue weighted by molar-refractivity contribution is -0.116. The topological polar surface area (TPSA) is 62.5 Å². The van der Waals surface area contributed by atoms with Gasteiger partial charge in [-0.3, -0.25) is 4.79 Å². The van der Waals surface area contributed by atoms with Crippen LogP contribution >= 0.6 is 27.3 Å². The van der Waals surface area contributed by atoms with Gasteiger partial charge in [0.25, 0.3) is 0 Å². The van der Waals surface area contributed by atoms with E-state index in [4.69, 9.17) is 4.42 Å². The van der Waals surface area contributed by atoms with Crippen molar-refractivity contribution in [3.63, 3.8) is 0 Å². The van der Waals surface area contributed by atoms with E-state index >= 15 is 0 Å². The van der Waals surface area contributed by atoms with Crippen LogP contribution in [0.3, 0.4) is 0 Å². The highest BCUT2D eigenvalue weighted by Gasteiger charge is 2.10.